The SMILES string of the molecule is CCCCCOc1ccc(C2=CCC(C=CCCc3ccc(-c4ccc(CCC)cc4)cc3)CC2)c(F)c1F. The van der Waals surface area contributed by atoms with E-state index in [2.05, 4.69) is 80.6 Å². The van der Waals surface area contributed by atoms with Crippen molar-refractivity contribution in [2.24, 2.45) is 5.92 Å². The van der Waals surface area contributed by atoms with Crippen LogP contribution in [-0.4, -0.2) is 6.61 Å². The highest BCUT2D eigenvalue weighted by Gasteiger charge is 2.20. The molecule has 0 spiro atoms. The lowest BCUT2D eigenvalue weighted by Gasteiger charge is -2.20. The van der Waals surface area contributed by atoms with Gasteiger partial charge in [-0.25, -0.2) is 4.39 Å². The predicted octanol–water partition coefficient (Wildman–Crippen LogP) is 10.5. The summed E-state index contributed by atoms with van der Waals surface area (Å²) in [6.45, 7) is 4.72. The summed E-state index contributed by atoms with van der Waals surface area (Å²) in [5.74, 6) is -1.20. The first-order chi connectivity index (χ1) is 19.1. The van der Waals surface area contributed by atoms with Crippen LogP contribution < -0.4 is 4.74 Å². The molecule has 3 aromatic rings. The van der Waals surface area contributed by atoms with E-state index in [1.807, 2.05) is 0 Å². The second-order valence-corrected chi connectivity index (χ2v) is 10.7. The molecule has 0 aromatic heterocycles. The Morgan fingerprint density at radius 2 is 1.49 bits per heavy atom. The third kappa shape index (κ3) is 8.14. The van der Waals surface area contributed by atoms with Crippen LogP contribution in [0.1, 0.15) is 81.9 Å². The van der Waals surface area contributed by atoms with Crippen molar-refractivity contribution in [1.82, 2.24) is 0 Å². The normalized spacial score (nSPS) is 15.5. The second kappa shape index (κ2) is 14.8. The van der Waals surface area contributed by atoms with Gasteiger partial charge in [0.2, 0.25) is 5.82 Å². The minimum absolute atomic E-state index is 0.0141. The molecule has 206 valence electrons. The topological polar surface area (TPSA) is 9.23 Å². The molecule has 1 aliphatic carbocycles. The van der Waals surface area contributed by atoms with Gasteiger partial charge in [-0.05, 0) is 90.8 Å². The molecule has 0 N–H and O–H groups in total. The Kier molecular flexibility index (Phi) is 10.9. The van der Waals surface area contributed by atoms with Crippen molar-refractivity contribution >= 4 is 5.57 Å². The van der Waals surface area contributed by atoms with Crippen LogP contribution in [0, 0.1) is 17.6 Å². The largest absolute Gasteiger partial charge is 0.490 e. The lowest BCUT2D eigenvalue weighted by Crippen LogP contribution is -2.06. The number of aryl methyl sites for hydroxylation is 2. The molecular formula is C36H42F2O. The quantitative estimate of drug-likeness (QED) is 0.158. The molecule has 0 heterocycles. The minimum Gasteiger partial charge on any atom is -0.490 e. The van der Waals surface area contributed by atoms with Crippen molar-refractivity contribution in [3.63, 3.8) is 0 Å². The van der Waals surface area contributed by atoms with Gasteiger partial charge in [-0.3, -0.25) is 0 Å². The molecule has 0 amide bonds. The maximum Gasteiger partial charge on any atom is 0.201 e. The number of rotatable bonds is 13. The van der Waals surface area contributed by atoms with E-state index in [0.29, 0.717) is 18.1 Å². The Labute approximate surface area is 233 Å². The van der Waals surface area contributed by atoms with E-state index in [4.69, 9.17) is 4.74 Å². The third-order valence-electron chi connectivity index (χ3n) is 7.64. The molecule has 1 nitrogen and oxygen atoms in total. The highest BCUT2D eigenvalue weighted by Crippen LogP contribution is 2.35. The number of hydrogen-bond donors (Lipinski definition) is 0. The van der Waals surface area contributed by atoms with Crippen LogP contribution in [0.4, 0.5) is 8.78 Å². The van der Waals surface area contributed by atoms with Crippen LogP contribution >= 0.6 is 0 Å². The first kappa shape index (κ1) is 28.8. The summed E-state index contributed by atoms with van der Waals surface area (Å²) in [6, 6.07) is 21.0. The zero-order valence-electron chi connectivity index (χ0n) is 23.5. The lowest BCUT2D eigenvalue weighted by atomic mass is 9.86. The maximum atomic E-state index is 14.8. The molecule has 3 heteroatoms. The molecular weight excluding hydrogens is 486 g/mol. The lowest BCUT2D eigenvalue weighted by molar-refractivity contribution is 0.286. The van der Waals surface area contributed by atoms with Gasteiger partial charge in [-0.15, -0.1) is 0 Å². The molecule has 3 aromatic carbocycles. The van der Waals surface area contributed by atoms with Crippen molar-refractivity contribution in [3.8, 4) is 16.9 Å². The Morgan fingerprint density at radius 1 is 0.795 bits per heavy atom. The highest BCUT2D eigenvalue weighted by atomic mass is 19.2. The first-order valence-electron chi connectivity index (χ1n) is 14.7. The molecule has 0 saturated heterocycles. The third-order valence-corrected chi connectivity index (χ3v) is 7.64. The Hall–Kier alpha value is -3.20. The summed E-state index contributed by atoms with van der Waals surface area (Å²) in [4.78, 5) is 0. The zero-order valence-corrected chi connectivity index (χ0v) is 23.5. The fourth-order valence-corrected chi connectivity index (χ4v) is 5.25. The summed E-state index contributed by atoms with van der Waals surface area (Å²) in [7, 11) is 0. The van der Waals surface area contributed by atoms with Gasteiger partial charge in [-0.2, -0.15) is 4.39 Å². The molecule has 1 atom stereocenters. The number of hydrogen-bond acceptors (Lipinski definition) is 1. The van der Waals surface area contributed by atoms with Crippen LogP contribution in [0.5, 0.6) is 5.75 Å². The van der Waals surface area contributed by atoms with Gasteiger partial charge in [0.05, 0.1) is 6.61 Å². The van der Waals surface area contributed by atoms with Crippen LogP contribution in [-0.2, 0) is 12.8 Å². The number of allylic oxidation sites excluding steroid dienone is 4. The van der Waals surface area contributed by atoms with Crippen molar-refractivity contribution < 1.29 is 13.5 Å². The Balaban J connectivity index is 1.24. The average molecular weight is 529 g/mol. The van der Waals surface area contributed by atoms with E-state index in [1.54, 1.807) is 12.1 Å². The van der Waals surface area contributed by atoms with Gasteiger partial charge in [0.15, 0.2) is 11.6 Å². The monoisotopic (exact) mass is 528 g/mol. The average Bonchev–Trinajstić information content (AvgIpc) is 2.97. The Morgan fingerprint density at radius 3 is 2.10 bits per heavy atom. The summed E-state index contributed by atoms with van der Waals surface area (Å²) in [5, 5.41) is 0. The molecule has 0 bridgehead atoms. The maximum absolute atomic E-state index is 14.8. The number of benzene rings is 3. The molecule has 4 rings (SSSR count). The number of halogens is 2. The van der Waals surface area contributed by atoms with Gasteiger partial charge in [0.1, 0.15) is 0 Å². The van der Waals surface area contributed by atoms with Gasteiger partial charge in [0, 0.05) is 5.56 Å². The molecule has 1 unspecified atom stereocenters. The standard InChI is InChI=1S/C36H42F2O/c1-3-5-8-26-39-34-25-24-33(35(37)36(34)38)32-22-16-29(17-23-32)11-7-6-10-28-14-20-31(21-15-28)30-18-12-27(9-4-2)13-19-30/h7,11-15,18-22,24-25,29H,3-6,8-10,16-17,23,26H2,1-2H3. The second-order valence-electron chi connectivity index (χ2n) is 10.7. The number of unbranched alkanes of at least 4 members (excludes halogenated alkanes) is 2. The van der Waals surface area contributed by atoms with Gasteiger partial charge in [-0.1, -0.05) is 99.9 Å². The smallest absolute Gasteiger partial charge is 0.201 e. The molecule has 39 heavy (non-hydrogen) atoms. The fraction of sp³-hybridized carbons (Fsp3) is 0.389. The Bertz CT molecular complexity index is 1240. The van der Waals surface area contributed by atoms with Gasteiger partial charge < -0.3 is 4.74 Å². The van der Waals surface area contributed by atoms with E-state index in [-0.39, 0.29) is 5.75 Å². The summed E-state index contributed by atoms with van der Waals surface area (Å²) in [5.41, 5.74) is 6.53. The van der Waals surface area contributed by atoms with E-state index >= 15 is 0 Å². The van der Waals surface area contributed by atoms with E-state index in [9.17, 15) is 8.78 Å². The number of ether oxygens (including phenoxy) is 1. The van der Waals surface area contributed by atoms with E-state index in [0.717, 1.165) is 63.4 Å². The highest BCUT2D eigenvalue weighted by molar-refractivity contribution is 5.67. The molecule has 1 aliphatic rings. The van der Waals surface area contributed by atoms with Crippen LogP contribution in [0.25, 0.3) is 16.7 Å². The predicted molar refractivity (Wildman–Crippen MR) is 160 cm³/mol. The fourth-order valence-electron chi connectivity index (χ4n) is 5.25. The van der Waals surface area contributed by atoms with Crippen LogP contribution in [0.15, 0.2) is 78.9 Å². The van der Waals surface area contributed by atoms with Gasteiger partial charge in [0.25, 0.3) is 0 Å². The van der Waals surface area contributed by atoms with Gasteiger partial charge >= 0.3 is 0 Å². The van der Waals surface area contributed by atoms with Crippen molar-refractivity contribution in [2.45, 2.75) is 78.1 Å². The zero-order chi connectivity index (χ0) is 27.5. The molecule has 0 radical (unpaired) electrons. The van der Waals surface area contributed by atoms with Crippen molar-refractivity contribution in [3.05, 3.63) is 107 Å². The first-order valence-corrected chi connectivity index (χ1v) is 14.7. The van der Waals surface area contributed by atoms with Crippen molar-refractivity contribution in [2.75, 3.05) is 6.61 Å². The summed E-state index contributed by atoms with van der Waals surface area (Å²) in [6.07, 6.45) is 16.4. The van der Waals surface area contributed by atoms with Crippen LogP contribution in [0.3, 0.4) is 0 Å². The summed E-state index contributed by atoms with van der Waals surface area (Å²) >= 11 is 0. The van der Waals surface area contributed by atoms with E-state index in [1.165, 1.54) is 28.7 Å². The molecule has 0 aliphatic heterocycles. The minimum atomic E-state index is -0.871. The molecule has 0 fully saturated rings. The van der Waals surface area contributed by atoms with Crippen LogP contribution in [0.2, 0.25) is 0 Å². The summed E-state index contributed by atoms with van der Waals surface area (Å²) < 4.78 is 34.8. The molecule has 0 saturated carbocycles. The van der Waals surface area contributed by atoms with Crippen molar-refractivity contribution in [1.29, 1.82) is 0 Å². The van der Waals surface area contributed by atoms with E-state index < -0.39 is 11.6 Å².